The van der Waals surface area contributed by atoms with E-state index in [2.05, 4.69) is 19.1 Å². The summed E-state index contributed by atoms with van der Waals surface area (Å²) in [5.74, 6) is 3.07. The van der Waals surface area contributed by atoms with Gasteiger partial charge in [-0.3, -0.25) is 0 Å². The molecule has 8 heavy (non-hydrogen) atoms. The summed E-state index contributed by atoms with van der Waals surface area (Å²) in [6, 6.07) is 0. The summed E-state index contributed by atoms with van der Waals surface area (Å²) in [4.78, 5) is 0. The number of allylic oxidation sites excluding steroid dienone is 2. The van der Waals surface area contributed by atoms with E-state index >= 15 is 0 Å². The maximum absolute atomic E-state index is 2.39. The van der Waals surface area contributed by atoms with Crippen LogP contribution in [0.5, 0.6) is 0 Å². The van der Waals surface area contributed by atoms with Gasteiger partial charge in [-0.25, -0.2) is 0 Å². The fourth-order valence-electron chi connectivity index (χ4n) is 1.75. The van der Waals surface area contributed by atoms with E-state index in [1.165, 1.54) is 12.8 Å². The van der Waals surface area contributed by atoms with Crippen molar-refractivity contribution in [3.63, 3.8) is 0 Å². The molecule has 0 heteroatoms. The standard InChI is InChI=1S/C8H12/c1-6-3-2-4-7-5-8(6)7/h2,4,6-8H,3,5H2,1H3/t6-,7?,8?/m0/s1. The van der Waals surface area contributed by atoms with Gasteiger partial charge in [0, 0.05) is 0 Å². The lowest BCUT2D eigenvalue weighted by atomic mass is 9.96. The summed E-state index contributed by atoms with van der Waals surface area (Å²) in [5, 5.41) is 0. The van der Waals surface area contributed by atoms with Crippen LogP contribution in [0.4, 0.5) is 0 Å². The van der Waals surface area contributed by atoms with E-state index in [0.29, 0.717) is 0 Å². The third-order valence-electron chi connectivity index (χ3n) is 2.51. The Balaban J connectivity index is 2.13. The first-order valence-electron chi connectivity index (χ1n) is 3.54. The van der Waals surface area contributed by atoms with Crippen LogP contribution < -0.4 is 0 Å². The highest BCUT2D eigenvalue weighted by Gasteiger charge is 2.40. The third kappa shape index (κ3) is 0.521. The molecule has 2 unspecified atom stereocenters. The van der Waals surface area contributed by atoms with Crippen molar-refractivity contribution in [1.29, 1.82) is 0 Å². The van der Waals surface area contributed by atoms with Crippen molar-refractivity contribution in [2.75, 3.05) is 0 Å². The fraction of sp³-hybridized carbons (Fsp3) is 0.750. The molecule has 0 bridgehead atoms. The molecule has 44 valence electrons. The second-order valence-electron chi connectivity index (χ2n) is 3.20. The van der Waals surface area contributed by atoms with Gasteiger partial charge in [0.15, 0.2) is 0 Å². The van der Waals surface area contributed by atoms with Crippen molar-refractivity contribution < 1.29 is 0 Å². The van der Waals surface area contributed by atoms with Gasteiger partial charge in [0.05, 0.1) is 0 Å². The van der Waals surface area contributed by atoms with Crippen LogP contribution in [-0.4, -0.2) is 0 Å². The van der Waals surface area contributed by atoms with Crippen LogP contribution in [0.25, 0.3) is 0 Å². The Kier molecular flexibility index (Phi) is 0.787. The summed E-state index contributed by atoms with van der Waals surface area (Å²) in [6.45, 7) is 2.37. The van der Waals surface area contributed by atoms with Crippen LogP contribution in [0.2, 0.25) is 0 Å². The maximum Gasteiger partial charge on any atom is -0.0199 e. The molecule has 2 rings (SSSR count). The molecule has 0 aromatic rings. The highest BCUT2D eigenvalue weighted by atomic mass is 14.4. The van der Waals surface area contributed by atoms with Crippen molar-refractivity contribution in [3.8, 4) is 0 Å². The van der Waals surface area contributed by atoms with Gasteiger partial charge < -0.3 is 0 Å². The molecule has 0 saturated heterocycles. The molecule has 0 aromatic carbocycles. The second-order valence-corrected chi connectivity index (χ2v) is 3.20. The smallest absolute Gasteiger partial charge is 0.0199 e. The van der Waals surface area contributed by atoms with Crippen LogP contribution >= 0.6 is 0 Å². The second kappa shape index (κ2) is 1.37. The van der Waals surface area contributed by atoms with E-state index in [1.807, 2.05) is 0 Å². The molecular weight excluding hydrogens is 96.1 g/mol. The van der Waals surface area contributed by atoms with Crippen LogP contribution in [0.15, 0.2) is 12.2 Å². The van der Waals surface area contributed by atoms with Gasteiger partial charge in [-0.15, -0.1) is 0 Å². The molecule has 1 saturated carbocycles. The lowest BCUT2D eigenvalue weighted by Gasteiger charge is -2.09. The molecule has 3 atom stereocenters. The highest BCUT2D eigenvalue weighted by Crippen LogP contribution is 2.49. The van der Waals surface area contributed by atoms with E-state index in [9.17, 15) is 0 Å². The molecule has 0 nitrogen and oxygen atoms in total. The molecule has 0 N–H and O–H groups in total. The Morgan fingerprint density at radius 2 is 2.38 bits per heavy atom. The van der Waals surface area contributed by atoms with Crippen LogP contribution in [0.1, 0.15) is 19.8 Å². The molecule has 0 heterocycles. The molecule has 2 aliphatic rings. The largest absolute Gasteiger partial charge is 0.0880 e. The zero-order chi connectivity index (χ0) is 5.56. The van der Waals surface area contributed by atoms with Crippen molar-refractivity contribution in [3.05, 3.63) is 12.2 Å². The SMILES string of the molecule is C[C@H]1CC=CC2CC21. The maximum atomic E-state index is 2.39. The predicted molar refractivity (Wildman–Crippen MR) is 34.5 cm³/mol. The van der Waals surface area contributed by atoms with Gasteiger partial charge in [-0.05, 0) is 30.6 Å². The van der Waals surface area contributed by atoms with E-state index in [-0.39, 0.29) is 0 Å². The quantitative estimate of drug-likeness (QED) is 0.417. The molecule has 1 fully saturated rings. The Morgan fingerprint density at radius 1 is 1.50 bits per heavy atom. The summed E-state index contributed by atoms with van der Waals surface area (Å²) in [7, 11) is 0. The number of fused-ring (bicyclic) bond motifs is 1. The topological polar surface area (TPSA) is 0 Å². The zero-order valence-electron chi connectivity index (χ0n) is 5.30. The van der Waals surface area contributed by atoms with Crippen LogP contribution in [-0.2, 0) is 0 Å². The molecule has 0 spiro atoms. The van der Waals surface area contributed by atoms with Gasteiger partial charge in [0.25, 0.3) is 0 Å². The van der Waals surface area contributed by atoms with Gasteiger partial charge in [-0.2, -0.15) is 0 Å². The molecule has 0 amide bonds. The lowest BCUT2D eigenvalue weighted by Crippen LogP contribution is -1.99. The first kappa shape index (κ1) is 4.60. The average molecular weight is 108 g/mol. The van der Waals surface area contributed by atoms with Crippen LogP contribution in [0.3, 0.4) is 0 Å². The summed E-state index contributed by atoms with van der Waals surface area (Å²) >= 11 is 0. The minimum atomic E-state index is 0.991. The molecule has 0 radical (unpaired) electrons. The predicted octanol–water partition coefficient (Wildman–Crippen LogP) is 2.22. The number of hydrogen-bond donors (Lipinski definition) is 0. The van der Waals surface area contributed by atoms with Gasteiger partial charge in [-0.1, -0.05) is 19.1 Å². The van der Waals surface area contributed by atoms with E-state index in [1.54, 1.807) is 0 Å². The number of rotatable bonds is 0. The Bertz CT molecular complexity index is 124. The van der Waals surface area contributed by atoms with E-state index in [4.69, 9.17) is 0 Å². The monoisotopic (exact) mass is 108 g/mol. The Morgan fingerprint density at radius 3 is 3.00 bits per heavy atom. The van der Waals surface area contributed by atoms with Crippen molar-refractivity contribution in [2.24, 2.45) is 17.8 Å². The molecule has 0 aromatic heterocycles. The first-order chi connectivity index (χ1) is 3.88. The fourth-order valence-corrected chi connectivity index (χ4v) is 1.75. The van der Waals surface area contributed by atoms with E-state index in [0.717, 1.165) is 17.8 Å². The third-order valence-corrected chi connectivity index (χ3v) is 2.51. The van der Waals surface area contributed by atoms with Gasteiger partial charge in [0.1, 0.15) is 0 Å². The molecule has 2 aliphatic carbocycles. The van der Waals surface area contributed by atoms with Crippen molar-refractivity contribution in [1.82, 2.24) is 0 Å². The van der Waals surface area contributed by atoms with Crippen molar-refractivity contribution >= 4 is 0 Å². The van der Waals surface area contributed by atoms with Crippen LogP contribution in [0, 0.1) is 17.8 Å². The summed E-state index contributed by atoms with van der Waals surface area (Å²) < 4.78 is 0. The Labute approximate surface area is 50.6 Å². The summed E-state index contributed by atoms with van der Waals surface area (Å²) in [6.07, 6.45) is 7.56. The van der Waals surface area contributed by atoms with E-state index < -0.39 is 0 Å². The highest BCUT2D eigenvalue weighted by molar-refractivity contribution is 5.08. The lowest BCUT2D eigenvalue weighted by molar-refractivity contribution is 0.484. The molecule has 0 aliphatic heterocycles. The van der Waals surface area contributed by atoms with Gasteiger partial charge in [0.2, 0.25) is 0 Å². The van der Waals surface area contributed by atoms with Crippen molar-refractivity contribution in [2.45, 2.75) is 19.8 Å². The van der Waals surface area contributed by atoms with Gasteiger partial charge >= 0.3 is 0 Å². The zero-order valence-corrected chi connectivity index (χ0v) is 5.30. The Hall–Kier alpha value is -0.260. The molecular formula is C8H12. The normalized spacial score (nSPS) is 50.9. The first-order valence-corrected chi connectivity index (χ1v) is 3.54. The number of hydrogen-bond acceptors (Lipinski definition) is 0. The average Bonchev–Trinajstić information content (AvgIpc) is 2.45. The summed E-state index contributed by atoms with van der Waals surface area (Å²) in [5.41, 5.74) is 0. The minimum absolute atomic E-state index is 0.991. The minimum Gasteiger partial charge on any atom is -0.0880 e.